The average Bonchev–Trinajstić information content (AvgIpc) is 2.99. The second-order valence-electron chi connectivity index (χ2n) is 5.46. The van der Waals surface area contributed by atoms with Crippen molar-refractivity contribution in [3.8, 4) is 6.07 Å². The molecule has 3 nitrogen and oxygen atoms in total. The first kappa shape index (κ1) is 14.6. The summed E-state index contributed by atoms with van der Waals surface area (Å²) in [7, 11) is 0. The maximum absolute atomic E-state index is 12.3. The van der Waals surface area contributed by atoms with E-state index in [-0.39, 0.29) is 12.5 Å². The number of amides is 1. The number of rotatable bonds is 6. The predicted octanol–water partition coefficient (Wildman–Crippen LogP) is 3.30. The van der Waals surface area contributed by atoms with E-state index in [1.54, 1.807) is 4.90 Å². The summed E-state index contributed by atoms with van der Waals surface area (Å²) in [5.41, 5.74) is 1.27. The molecule has 1 aromatic carbocycles. The van der Waals surface area contributed by atoms with Gasteiger partial charge in [-0.1, -0.05) is 43.2 Å². The van der Waals surface area contributed by atoms with Crippen LogP contribution in [0.2, 0.25) is 0 Å². The molecule has 0 aliphatic heterocycles. The smallest absolute Gasteiger partial charge is 0.223 e. The monoisotopic (exact) mass is 270 g/mol. The van der Waals surface area contributed by atoms with Crippen LogP contribution in [0.1, 0.15) is 44.1 Å². The van der Waals surface area contributed by atoms with Gasteiger partial charge in [0.05, 0.1) is 6.07 Å². The lowest BCUT2D eigenvalue weighted by atomic mass is 10.1. The van der Waals surface area contributed by atoms with Crippen LogP contribution in [-0.2, 0) is 11.2 Å². The van der Waals surface area contributed by atoms with Gasteiger partial charge in [0.25, 0.3) is 0 Å². The number of hydrogen-bond acceptors (Lipinski definition) is 2. The minimum atomic E-state index is 0.148. The van der Waals surface area contributed by atoms with Crippen LogP contribution < -0.4 is 0 Å². The summed E-state index contributed by atoms with van der Waals surface area (Å²) in [4.78, 5) is 14.1. The van der Waals surface area contributed by atoms with Crippen molar-refractivity contribution in [1.29, 1.82) is 5.26 Å². The van der Waals surface area contributed by atoms with E-state index in [1.165, 1.54) is 18.4 Å². The Balaban J connectivity index is 1.81. The first-order valence-corrected chi connectivity index (χ1v) is 7.51. The third-order valence-corrected chi connectivity index (χ3v) is 4.03. The normalized spacial score (nSPS) is 14.9. The van der Waals surface area contributed by atoms with Gasteiger partial charge < -0.3 is 4.90 Å². The molecular weight excluding hydrogens is 248 g/mol. The van der Waals surface area contributed by atoms with Crippen LogP contribution in [-0.4, -0.2) is 23.4 Å². The largest absolute Gasteiger partial charge is 0.326 e. The van der Waals surface area contributed by atoms with Gasteiger partial charge in [0, 0.05) is 12.5 Å². The lowest BCUT2D eigenvalue weighted by Crippen LogP contribution is -2.39. The molecule has 1 saturated carbocycles. The van der Waals surface area contributed by atoms with E-state index in [9.17, 15) is 4.79 Å². The molecule has 0 heterocycles. The van der Waals surface area contributed by atoms with Gasteiger partial charge in [-0.3, -0.25) is 4.79 Å². The van der Waals surface area contributed by atoms with Crippen molar-refractivity contribution >= 4 is 5.91 Å². The Morgan fingerprint density at radius 2 is 1.95 bits per heavy atom. The number of aryl methyl sites for hydroxylation is 1. The molecule has 0 spiro atoms. The molecule has 1 fully saturated rings. The highest BCUT2D eigenvalue weighted by atomic mass is 16.2. The number of carbonyl (C=O) groups excluding carboxylic acids is 1. The Bertz CT molecular complexity index is 458. The molecule has 0 saturated heterocycles. The molecule has 20 heavy (non-hydrogen) atoms. The van der Waals surface area contributed by atoms with Gasteiger partial charge in [0.2, 0.25) is 5.91 Å². The van der Waals surface area contributed by atoms with Gasteiger partial charge in [0.15, 0.2) is 0 Å². The molecule has 1 aliphatic carbocycles. The zero-order chi connectivity index (χ0) is 14.2. The molecule has 0 unspecified atom stereocenters. The fourth-order valence-electron chi connectivity index (χ4n) is 2.95. The van der Waals surface area contributed by atoms with Crippen molar-refractivity contribution in [1.82, 2.24) is 4.90 Å². The summed E-state index contributed by atoms with van der Waals surface area (Å²) in [6.07, 6.45) is 6.83. The lowest BCUT2D eigenvalue weighted by Gasteiger charge is -2.26. The van der Waals surface area contributed by atoms with Crippen LogP contribution in [0.5, 0.6) is 0 Å². The third kappa shape index (κ3) is 4.09. The van der Waals surface area contributed by atoms with Crippen molar-refractivity contribution in [2.75, 3.05) is 6.54 Å². The number of benzene rings is 1. The number of nitrogens with zero attached hydrogens (tertiary/aromatic N) is 2. The van der Waals surface area contributed by atoms with Gasteiger partial charge >= 0.3 is 0 Å². The minimum absolute atomic E-state index is 0.148. The van der Waals surface area contributed by atoms with Gasteiger partial charge in [-0.15, -0.1) is 0 Å². The summed E-state index contributed by atoms with van der Waals surface area (Å²) in [6, 6.07) is 12.7. The molecule has 3 heteroatoms. The molecule has 0 N–H and O–H groups in total. The second-order valence-corrected chi connectivity index (χ2v) is 5.46. The Morgan fingerprint density at radius 1 is 1.25 bits per heavy atom. The standard InChI is InChI=1S/C17H22N2O/c18-13-14-19(16-10-4-5-11-16)17(20)12-6-9-15-7-2-1-3-8-15/h1-3,7-8,16H,4-6,9-12,14H2. The Labute approximate surface area is 121 Å². The highest BCUT2D eigenvalue weighted by Gasteiger charge is 2.25. The van der Waals surface area contributed by atoms with E-state index >= 15 is 0 Å². The number of hydrogen-bond donors (Lipinski definition) is 0. The lowest BCUT2D eigenvalue weighted by molar-refractivity contribution is -0.132. The molecular formula is C17H22N2O. The Hall–Kier alpha value is -1.82. The predicted molar refractivity (Wildman–Crippen MR) is 79.0 cm³/mol. The molecule has 0 atom stereocenters. The first-order valence-electron chi connectivity index (χ1n) is 7.51. The third-order valence-electron chi connectivity index (χ3n) is 4.03. The van der Waals surface area contributed by atoms with Crippen molar-refractivity contribution in [3.63, 3.8) is 0 Å². The first-order chi connectivity index (χ1) is 9.81. The highest BCUT2D eigenvalue weighted by Crippen LogP contribution is 2.24. The Morgan fingerprint density at radius 3 is 2.60 bits per heavy atom. The molecule has 1 aliphatic rings. The van der Waals surface area contributed by atoms with Crippen LogP contribution in [0, 0.1) is 11.3 Å². The fraction of sp³-hybridized carbons (Fsp3) is 0.529. The number of carbonyl (C=O) groups is 1. The molecule has 106 valence electrons. The van der Waals surface area contributed by atoms with Gasteiger partial charge in [-0.2, -0.15) is 5.26 Å². The molecule has 2 rings (SSSR count). The SMILES string of the molecule is N#CCN(C(=O)CCCc1ccccc1)C1CCCC1. The summed E-state index contributed by atoms with van der Waals surface area (Å²) < 4.78 is 0. The Kier molecular flexibility index (Phi) is 5.61. The highest BCUT2D eigenvalue weighted by molar-refractivity contribution is 5.76. The molecule has 1 amide bonds. The maximum Gasteiger partial charge on any atom is 0.223 e. The van der Waals surface area contributed by atoms with Crippen molar-refractivity contribution in [2.24, 2.45) is 0 Å². The molecule has 0 aromatic heterocycles. The summed E-state index contributed by atoms with van der Waals surface area (Å²) >= 11 is 0. The van der Waals surface area contributed by atoms with Crippen LogP contribution in [0.3, 0.4) is 0 Å². The van der Waals surface area contributed by atoms with Gasteiger partial charge in [-0.05, 0) is 31.2 Å². The fourth-order valence-corrected chi connectivity index (χ4v) is 2.95. The van der Waals surface area contributed by atoms with Crippen LogP contribution in [0.15, 0.2) is 30.3 Å². The van der Waals surface area contributed by atoms with E-state index in [4.69, 9.17) is 5.26 Å². The van der Waals surface area contributed by atoms with Crippen molar-refractivity contribution in [2.45, 2.75) is 51.0 Å². The zero-order valence-electron chi connectivity index (χ0n) is 11.9. The summed E-state index contributed by atoms with van der Waals surface area (Å²) in [6.45, 7) is 0.245. The molecule has 1 aromatic rings. The van der Waals surface area contributed by atoms with E-state index in [0.29, 0.717) is 12.5 Å². The average molecular weight is 270 g/mol. The summed E-state index contributed by atoms with van der Waals surface area (Å²) in [5.74, 6) is 0.148. The van der Waals surface area contributed by atoms with E-state index in [2.05, 4.69) is 18.2 Å². The van der Waals surface area contributed by atoms with Crippen LogP contribution in [0.25, 0.3) is 0 Å². The number of nitriles is 1. The van der Waals surface area contributed by atoms with Crippen LogP contribution >= 0.6 is 0 Å². The maximum atomic E-state index is 12.3. The van der Waals surface area contributed by atoms with E-state index in [1.807, 2.05) is 18.2 Å². The minimum Gasteiger partial charge on any atom is -0.326 e. The summed E-state index contributed by atoms with van der Waals surface area (Å²) in [5, 5.41) is 8.91. The van der Waals surface area contributed by atoms with E-state index in [0.717, 1.165) is 25.7 Å². The van der Waals surface area contributed by atoms with E-state index < -0.39 is 0 Å². The zero-order valence-corrected chi connectivity index (χ0v) is 11.9. The van der Waals surface area contributed by atoms with Crippen molar-refractivity contribution < 1.29 is 4.79 Å². The second kappa shape index (κ2) is 7.69. The van der Waals surface area contributed by atoms with Crippen LogP contribution in [0.4, 0.5) is 0 Å². The van der Waals surface area contributed by atoms with Crippen molar-refractivity contribution in [3.05, 3.63) is 35.9 Å². The molecule has 0 bridgehead atoms. The molecule has 0 radical (unpaired) electrons. The van der Waals surface area contributed by atoms with Gasteiger partial charge in [0.1, 0.15) is 6.54 Å². The topological polar surface area (TPSA) is 44.1 Å². The quantitative estimate of drug-likeness (QED) is 0.744. The van der Waals surface area contributed by atoms with Gasteiger partial charge in [-0.25, -0.2) is 0 Å².